The van der Waals surface area contributed by atoms with Crippen LogP contribution in [0.3, 0.4) is 0 Å². The third kappa shape index (κ3) is 3.66. The van der Waals surface area contributed by atoms with E-state index >= 15 is 0 Å². The fourth-order valence-electron chi connectivity index (χ4n) is 7.82. The van der Waals surface area contributed by atoms with Crippen LogP contribution in [0.15, 0.2) is 18.5 Å². The van der Waals surface area contributed by atoms with Gasteiger partial charge in [0, 0.05) is 48.7 Å². The van der Waals surface area contributed by atoms with E-state index < -0.39 is 6.17 Å². The number of hydrogen-bond donors (Lipinski definition) is 2. The number of anilines is 2. The lowest BCUT2D eigenvalue weighted by molar-refractivity contribution is 0.107. The molecule has 11 nitrogen and oxygen atoms in total. The molecule has 0 unspecified atom stereocenters. The predicted octanol–water partition coefficient (Wildman–Crippen LogP) is 3.25. The summed E-state index contributed by atoms with van der Waals surface area (Å²) < 4.78 is 22.7. The predicted molar refractivity (Wildman–Crippen MR) is 154 cm³/mol. The summed E-state index contributed by atoms with van der Waals surface area (Å²) >= 11 is 1.52. The highest BCUT2D eigenvalue weighted by atomic mass is 32.1. The Bertz CT molecular complexity index is 1790. The quantitative estimate of drug-likeness (QED) is 0.348. The Kier molecular flexibility index (Phi) is 5.56. The fraction of sp³-hybridized carbons (Fsp3) is 0.483. The Balaban J connectivity index is 1.18. The topological polar surface area (TPSA) is 149 Å². The number of hydrogen-bond acceptors (Lipinski definition) is 10. The molecule has 1 spiro atoms. The highest BCUT2D eigenvalue weighted by Gasteiger charge is 2.52. The molecule has 3 saturated heterocycles. The van der Waals surface area contributed by atoms with E-state index in [1.54, 1.807) is 12.4 Å². The third-order valence-corrected chi connectivity index (χ3v) is 10.8. The first-order chi connectivity index (χ1) is 20.4. The molecule has 0 amide bonds. The summed E-state index contributed by atoms with van der Waals surface area (Å²) in [6.07, 6.45) is 6.86. The number of aryl methyl sites for hydroxylation is 1. The van der Waals surface area contributed by atoms with Crippen molar-refractivity contribution in [3.63, 3.8) is 0 Å². The summed E-state index contributed by atoms with van der Waals surface area (Å²) in [6, 6.07) is 6.78. The molecule has 0 bridgehead atoms. The molecule has 4 aromatic rings. The molecule has 3 aliphatic heterocycles. The number of aromatic amines is 1. The van der Waals surface area contributed by atoms with Crippen molar-refractivity contribution >= 4 is 33.2 Å². The van der Waals surface area contributed by atoms with Crippen molar-refractivity contribution in [2.45, 2.75) is 55.8 Å². The van der Waals surface area contributed by atoms with Crippen LogP contribution < -0.4 is 15.4 Å². The van der Waals surface area contributed by atoms with Crippen molar-refractivity contribution < 1.29 is 9.13 Å². The summed E-state index contributed by atoms with van der Waals surface area (Å²) in [6.45, 7) is 3.41. The van der Waals surface area contributed by atoms with Crippen LogP contribution in [-0.4, -0.2) is 74.1 Å². The number of nitrogens with two attached hydrogens (primary N) is 1. The molecule has 13 heteroatoms. The summed E-state index contributed by atoms with van der Waals surface area (Å²) in [5, 5.41) is 28.3. The third-order valence-electron chi connectivity index (χ3n) is 9.69. The molecule has 8 rings (SSSR count). The van der Waals surface area contributed by atoms with Crippen molar-refractivity contribution in [3.05, 3.63) is 45.7 Å². The van der Waals surface area contributed by atoms with Crippen LogP contribution in [-0.2, 0) is 18.4 Å². The monoisotopic (exact) mass is 584 g/mol. The van der Waals surface area contributed by atoms with Gasteiger partial charge in [0.2, 0.25) is 0 Å². The van der Waals surface area contributed by atoms with E-state index in [1.165, 1.54) is 16.2 Å². The maximum absolute atomic E-state index is 14.4. The van der Waals surface area contributed by atoms with Gasteiger partial charge in [-0.15, -0.1) is 11.3 Å². The van der Waals surface area contributed by atoms with Crippen molar-refractivity contribution in [2.24, 2.45) is 0 Å². The number of nitrogen functional groups attached to an aromatic ring is 1. The second kappa shape index (κ2) is 9.15. The number of nitrogens with one attached hydrogen (secondary N) is 1. The Labute approximate surface area is 245 Å². The summed E-state index contributed by atoms with van der Waals surface area (Å²) in [4.78, 5) is 15.3. The molecule has 214 valence electrons. The van der Waals surface area contributed by atoms with Gasteiger partial charge in [0.05, 0.1) is 34.3 Å². The van der Waals surface area contributed by atoms with Gasteiger partial charge in [-0.3, -0.25) is 10.00 Å². The van der Waals surface area contributed by atoms with Crippen molar-refractivity contribution in [1.29, 1.82) is 10.5 Å². The van der Waals surface area contributed by atoms with Gasteiger partial charge in [0.15, 0.2) is 5.65 Å². The Morgan fingerprint density at radius 2 is 2.12 bits per heavy atom. The minimum absolute atomic E-state index is 0.165. The van der Waals surface area contributed by atoms with Crippen LogP contribution in [0, 0.1) is 22.7 Å². The van der Waals surface area contributed by atoms with E-state index in [9.17, 15) is 14.9 Å². The number of H-pyrrole nitrogens is 1. The maximum atomic E-state index is 14.4. The van der Waals surface area contributed by atoms with E-state index in [2.05, 4.69) is 32.1 Å². The second-order valence-corrected chi connectivity index (χ2v) is 13.3. The van der Waals surface area contributed by atoms with Crippen molar-refractivity contribution in [3.8, 4) is 18.1 Å². The molecule has 4 aliphatic rings. The van der Waals surface area contributed by atoms with Crippen LogP contribution in [0.4, 0.5) is 15.2 Å². The van der Waals surface area contributed by atoms with Crippen molar-refractivity contribution in [2.75, 3.05) is 43.4 Å². The molecule has 0 saturated carbocycles. The molecule has 42 heavy (non-hydrogen) atoms. The van der Waals surface area contributed by atoms with Crippen LogP contribution in [0.25, 0.3) is 11.0 Å². The first kappa shape index (κ1) is 25.5. The molecule has 7 heterocycles. The number of ether oxygens (including phenoxy) is 1. The zero-order valence-electron chi connectivity index (χ0n) is 22.9. The SMILES string of the molecule is N#Cc1c(N)sc2c1C1(CC2)CN(c2nc(OC[C@@]34CCCN3C[C@H](F)C4)nc3c2c(C#N)cn3Cc2ccn[nH]2)C1. The average Bonchev–Trinajstić information content (AvgIpc) is 3.78. The first-order valence-electron chi connectivity index (χ1n) is 14.3. The lowest BCUT2D eigenvalue weighted by Gasteiger charge is -2.49. The standard InChI is InChI=1S/C29H29FN10OS/c30-18-8-29(4-1-7-40(29)12-18)16-41-27-35-25-22(17(9-31)11-38(25)13-19-3-6-34-37-19)26(36-27)39-14-28(15-39)5-2-21-23(28)20(10-32)24(33)42-21/h3,6,11,18H,1-2,4-5,7-8,12-16,33H2,(H,34,37)/t18-,29+/m1/s1. The van der Waals surface area contributed by atoms with E-state index in [4.69, 9.17) is 20.4 Å². The number of fused-ring (bicyclic) bond motifs is 4. The zero-order chi connectivity index (χ0) is 28.6. The second-order valence-electron chi connectivity index (χ2n) is 12.1. The van der Waals surface area contributed by atoms with E-state index in [0.717, 1.165) is 43.5 Å². The number of aromatic nitrogens is 5. The average molecular weight is 585 g/mol. The van der Waals surface area contributed by atoms with Crippen LogP contribution in [0.2, 0.25) is 0 Å². The molecule has 4 aromatic heterocycles. The molecule has 2 atom stereocenters. The number of nitriles is 2. The number of nitrogens with zero attached hydrogens (tertiary/aromatic N) is 8. The van der Waals surface area contributed by atoms with E-state index in [-0.39, 0.29) is 17.0 Å². The van der Waals surface area contributed by atoms with Crippen molar-refractivity contribution in [1.82, 2.24) is 29.6 Å². The number of rotatable bonds is 6. The zero-order valence-corrected chi connectivity index (χ0v) is 23.8. The largest absolute Gasteiger partial charge is 0.461 e. The number of thiophene rings is 1. The molecule has 0 radical (unpaired) electrons. The van der Waals surface area contributed by atoms with Gasteiger partial charge in [0.1, 0.15) is 35.7 Å². The van der Waals surface area contributed by atoms with Gasteiger partial charge in [-0.05, 0) is 43.9 Å². The molecule has 0 aromatic carbocycles. The minimum Gasteiger partial charge on any atom is -0.461 e. The van der Waals surface area contributed by atoms with E-state index in [1.807, 2.05) is 10.6 Å². The normalized spacial score (nSPS) is 24.1. The van der Waals surface area contributed by atoms with Gasteiger partial charge in [-0.1, -0.05) is 0 Å². The molecular formula is C29H29FN10OS. The van der Waals surface area contributed by atoms with Gasteiger partial charge in [-0.2, -0.15) is 25.6 Å². The summed E-state index contributed by atoms with van der Waals surface area (Å²) in [5.74, 6) is 0.645. The lowest BCUT2D eigenvalue weighted by Crippen LogP contribution is -2.59. The van der Waals surface area contributed by atoms with Gasteiger partial charge in [0.25, 0.3) is 0 Å². The number of halogens is 1. The molecule has 3 fully saturated rings. The van der Waals surface area contributed by atoms with Crippen LogP contribution in [0.1, 0.15) is 52.9 Å². The maximum Gasteiger partial charge on any atom is 0.320 e. The van der Waals surface area contributed by atoms with Gasteiger partial charge in [-0.25, -0.2) is 4.39 Å². The van der Waals surface area contributed by atoms with Gasteiger partial charge < -0.3 is 19.9 Å². The fourth-order valence-corrected chi connectivity index (χ4v) is 8.96. The molecular weight excluding hydrogens is 555 g/mol. The Morgan fingerprint density at radius 1 is 1.24 bits per heavy atom. The Morgan fingerprint density at radius 3 is 2.90 bits per heavy atom. The highest BCUT2D eigenvalue weighted by molar-refractivity contribution is 7.16. The van der Waals surface area contributed by atoms with Gasteiger partial charge >= 0.3 is 6.01 Å². The first-order valence-corrected chi connectivity index (χ1v) is 15.1. The highest BCUT2D eigenvalue weighted by Crippen LogP contribution is 2.53. The summed E-state index contributed by atoms with van der Waals surface area (Å²) in [5.41, 5.74) is 9.35. The number of alkyl halides is 1. The molecule has 1 aliphatic carbocycles. The van der Waals surface area contributed by atoms with Crippen LogP contribution >= 0.6 is 11.3 Å². The smallest absolute Gasteiger partial charge is 0.320 e. The Hall–Kier alpha value is -4.20. The molecule has 3 N–H and O–H groups in total. The lowest BCUT2D eigenvalue weighted by atomic mass is 9.74. The summed E-state index contributed by atoms with van der Waals surface area (Å²) in [7, 11) is 0. The minimum atomic E-state index is -0.851. The van der Waals surface area contributed by atoms with E-state index in [0.29, 0.717) is 72.2 Å². The van der Waals surface area contributed by atoms with Crippen LogP contribution in [0.5, 0.6) is 6.01 Å².